The Hall–Kier alpha value is -3.03. The summed E-state index contributed by atoms with van der Waals surface area (Å²) in [6, 6.07) is 9.30. The molecule has 37 heavy (non-hydrogen) atoms. The van der Waals surface area contributed by atoms with Gasteiger partial charge in [-0.1, -0.05) is 53.9 Å². The predicted octanol–water partition coefficient (Wildman–Crippen LogP) is 1.99. The molecule has 0 saturated carbocycles. The van der Waals surface area contributed by atoms with Gasteiger partial charge in [-0.05, 0) is 11.6 Å². The summed E-state index contributed by atoms with van der Waals surface area (Å²) in [7, 11) is 0. The van der Waals surface area contributed by atoms with Gasteiger partial charge in [0.05, 0.1) is 4.91 Å². The molecule has 0 spiro atoms. The minimum absolute atomic E-state index is 0.294. The summed E-state index contributed by atoms with van der Waals surface area (Å²) in [5.41, 5.74) is -0.146. The summed E-state index contributed by atoms with van der Waals surface area (Å²) >= 11 is 2.34. The molecule has 11 nitrogen and oxygen atoms in total. The van der Waals surface area contributed by atoms with Crippen molar-refractivity contribution in [3.8, 4) is 0 Å². The maximum absolute atomic E-state index is 12.6. The minimum Gasteiger partial charge on any atom is -0.463 e. The molecular weight excluding hydrogens is 526 g/mol. The van der Waals surface area contributed by atoms with E-state index in [9.17, 15) is 24.0 Å². The number of benzene rings is 1. The van der Waals surface area contributed by atoms with Gasteiger partial charge in [-0.25, -0.2) is 0 Å². The molecule has 0 bridgehead atoms. The van der Waals surface area contributed by atoms with E-state index in [1.165, 1.54) is 25.6 Å². The van der Waals surface area contributed by atoms with Gasteiger partial charge in [-0.15, -0.1) is 0 Å². The number of esters is 4. The zero-order valence-electron chi connectivity index (χ0n) is 20.5. The van der Waals surface area contributed by atoms with E-state index in [0.29, 0.717) is 4.91 Å². The molecule has 2 fully saturated rings. The lowest BCUT2D eigenvalue weighted by atomic mass is 9.99. The standard InChI is InChI=1S/C24H27NO10S2/c1-12(26)31-11-17-19(32-13(2)27)20(33-14(3)28)21(34-15(4)29)23(35-17)37-24-25-22(30)18(36-24)10-16-8-6-5-7-9-16/h5-10,17,19-21,23-24H,11H2,1-4H3,(H,25,30)/b18-10-/t17-,19+,20+,21-,23+,24?/m1/s1. The van der Waals surface area contributed by atoms with Crippen LogP contribution in [0.3, 0.4) is 0 Å². The second kappa shape index (κ2) is 13.0. The van der Waals surface area contributed by atoms with E-state index < -0.39 is 58.4 Å². The van der Waals surface area contributed by atoms with Crippen LogP contribution >= 0.6 is 23.5 Å². The van der Waals surface area contributed by atoms with Crippen LogP contribution in [0.25, 0.3) is 6.08 Å². The summed E-state index contributed by atoms with van der Waals surface area (Å²) in [5.74, 6) is -3.01. The quantitative estimate of drug-likeness (QED) is 0.286. The molecule has 0 aromatic heterocycles. The van der Waals surface area contributed by atoms with Crippen LogP contribution < -0.4 is 5.32 Å². The van der Waals surface area contributed by atoms with E-state index in [1.807, 2.05) is 30.3 Å². The van der Waals surface area contributed by atoms with Gasteiger partial charge in [0.1, 0.15) is 22.9 Å². The van der Waals surface area contributed by atoms with Gasteiger partial charge in [-0.2, -0.15) is 0 Å². The number of nitrogens with one attached hydrogen (secondary N) is 1. The van der Waals surface area contributed by atoms with Gasteiger partial charge in [-0.3, -0.25) is 24.0 Å². The second-order valence-electron chi connectivity index (χ2n) is 8.05. The van der Waals surface area contributed by atoms with Crippen molar-refractivity contribution in [3.63, 3.8) is 0 Å². The fraction of sp³-hybridized carbons (Fsp3) is 0.458. The Morgan fingerprint density at radius 3 is 2.11 bits per heavy atom. The van der Waals surface area contributed by atoms with Crippen molar-refractivity contribution in [2.75, 3.05) is 6.61 Å². The molecule has 3 rings (SSSR count). The zero-order chi connectivity index (χ0) is 27.1. The Kier molecular flexibility index (Phi) is 10.0. The average molecular weight is 554 g/mol. The minimum atomic E-state index is -1.27. The number of carbonyl (C=O) groups excluding carboxylic acids is 5. The molecule has 1 amide bonds. The molecule has 1 N–H and O–H groups in total. The Morgan fingerprint density at radius 1 is 0.919 bits per heavy atom. The van der Waals surface area contributed by atoms with Crippen LogP contribution in [0.1, 0.15) is 33.3 Å². The number of hydrogen-bond donors (Lipinski definition) is 1. The highest BCUT2D eigenvalue weighted by Gasteiger charge is 2.53. The number of ether oxygens (including phenoxy) is 5. The molecule has 1 aromatic carbocycles. The number of carbonyl (C=O) groups is 5. The smallest absolute Gasteiger partial charge is 0.303 e. The van der Waals surface area contributed by atoms with Gasteiger partial charge in [0.2, 0.25) is 0 Å². The SMILES string of the molecule is CC(=O)OC[C@H]1O[C@@H](SC2NC(=O)/C(=C/c3ccccc3)S2)[C@H](OC(C)=O)[C@@H](OC(C)=O)[C@H]1OC(C)=O. The summed E-state index contributed by atoms with van der Waals surface area (Å²) in [5, 5.41) is 2.83. The third-order valence-electron chi connectivity index (χ3n) is 5.01. The Labute approximate surface area is 221 Å². The van der Waals surface area contributed by atoms with Crippen molar-refractivity contribution in [1.82, 2.24) is 5.32 Å². The first-order valence-electron chi connectivity index (χ1n) is 11.2. The Bertz CT molecular complexity index is 1060. The summed E-state index contributed by atoms with van der Waals surface area (Å²) in [6.45, 7) is 4.36. The van der Waals surface area contributed by atoms with Crippen LogP contribution in [-0.4, -0.2) is 70.9 Å². The van der Waals surface area contributed by atoms with Crippen molar-refractivity contribution in [1.29, 1.82) is 0 Å². The van der Waals surface area contributed by atoms with Crippen LogP contribution in [0.2, 0.25) is 0 Å². The highest BCUT2D eigenvalue weighted by atomic mass is 32.2. The molecule has 2 saturated heterocycles. The summed E-state index contributed by atoms with van der Waals surface area (Å²) < 4.78 is 26.9. The third kappa shape index (κ3) is 8.23. The van der Waals surface area contributed by atoms with Crippen molar-refractivity contribution in [2.45, 2.75) is 62.3 Å². The fourth-order valence-corrected chi connectivity index (χ4v) is 6.28. The van der Waals surface area contributed by atoms with E-state index in [-0.39, 0.29) is 12.5 Å². The molecule has 0 radical (unpaired) electrons. The lowest BCUT2D eigenvalue weighted by Crippen LogP contribution is -2.61. The molecule has 0 aliphatic carbocycles. The first-order valence-corrected chi connectivity index (χ1v) is 13.1. The maximum Gasteiger partial charge on any atom is 0.303 e. The monoisotopic (exact) mass is 553 g/mol. The van der Waals surface area contributed by atoms with Gasteiger partial charge in [0.25, 0.3) is 5.91 Å². The van der Waals surface area contributed by atoms with Crippen LogP contribution in [0.5, 0.6) is 0 Å². The Morgan fingerprint density at radius 2 is 1.51 bits per heavy atom. The van der Waals surface area contributed by atoms with Crippen molar-refractivity contribution in [3.05, 3.63) is 40.8 Å². The molecule has 1 unspecified atom stereocenters. The van der Waals surface area contributed by atoms with Gasteiger partial charge in [0.15, 0.2) is 18.3 Å². The molecular formula is C24H27NO10S2. The van der Waals surface area contributed by atoms with Crippen LogP contribution in [0.4, 0.5) is 0 Å². The fourth-order valence-electron chi connectivity index (χ4n) is 3.66. The highest BCUT2D eigenvalue weighted by molar-refractivity contribution is 8.19. The molecule has 2 aliphatic heterocycles. The molecule has 6 atom stereocenters. The van der Waals surface area contributed by atoms with Crippen molar-refractivity contribution in [2.24, 2.45) is 0 Å². The topological polar surface area (TPSA) is 144 Å². The molecule has 13 heteroatoms. The Balaban J connectivity index is 1.88. The third-order valence-corrected chi connectivity index (χ3v) is 7.53. The van der Waals surface area contributed by atoms with E-state index in [4.69, 9.17) is 23.7 Å². The van der Waals surface area contributed by atoms with E-state index in [1.54, 1.807) is 6.08 Å². The summed E-state index contributed by atoms with van der Waals surface area (Å²) in [4.78, 5) is 60.3. The van der Waals surface area contributed by atoms with Crippen LogP contribution in [-0.2, 0) is 47.7 Å². The highest BCUT2D eigenvalue weighted by Crippen LogP contribution is 2.42. The maximum atomic E-state index is 12.6. The lowest BCUT2D eigenvalue weighted by Gasteiger charge is -2.44. The normalized spacial score (nSPS) is 28.2. The van der Waals surface area contributed by atoms with E-state index in [0.717, 1.165) is 31.2 Å². The van der Waals surface area contributed by atoms with Gasteiger partial charge < -0.3 is 29.0 Å². The van der Waals surface area contributed by atoms with Crippen LogP contribution in [0.15, 0.2) is 35.2 Å². The summed E-state index contributed by atoms with van der Waals surface area (Å²) in [6.07, 6.45) is -3.01. The number of hydrogen-bond acceptors (Lipinski definition) is 12. The van der Waals surface area contributed by atoms with E-state index >= 15 is 0 Å². The predicted molar refractivity (Wildman–Crippen MR) is 133 cm³/mol. The first-order chi connectivity index (χ1) is 17.5. The number of thioether (sulfide) groups is 2. The van der Waals surface area contributed by atoms with Crippen LogP contribution in [0, 0.1) is 0 Å². The first kappa shape index (κ1) is 28.5. The average Bonchev–Trinajstić information content (AvgIpc) is 3.14. The largest absolute Gasteiger partial charge is 0.463 e. The van der Waals surface area contributed by atoms with E-state index in [2.05, 4.69) is 5.32 Å². The zero-order valence-corrected chi connectivity index (χ0v) is 22.2. The molecule has 1 aromatic rings. The van der Waals surface area contributed by atoms with Gasteiger partial charge in [0, 0.05) is 27.7 Å². The molecule has 2 aliphatic rings. The van der Waals surface area contributed by atoms with Crippen molar-refractivity contribution < 1.29 is 47.7 Å². The number of rotatable bonds is 8. The second-order valence-corrected chi connectivity index (χ2v) is 10.7. The number of amides is 1. The van der Waals surface area contributed by atoms with Gasteiger partial charge >= 0.3 is 23.9 Å². The van der Waals surface area contributed by atoms with Crippen molar-refractivity contribution >= 4 is 59.4 Å². The molecule has 2 heterocycles. The molecule has 200 valence electrons. The lowest BCUT2D eigenvalue weighted by molar-refractivity contribution is -0.237.